The van der Waals surface area contributed by atoms with Gasteiger partial charge in [0.05, 0.1) is 12.0 Å². The number of aromatic amines is 1. The molecule has 0 radical (unpaired) electrons. The number of benzene rings is 1. The number of aromatic nitrogens is 4. The summed E-state index contributed by atoms with van der Waals surface area (Å²) in [7, 11) is 0. The van der Waals surface area contributed by atoms with Crippen LogP contribution in [-0.2, 0) is 24.1 Å². The first kappa shape index (κ1) is 22.1. The molecule has 0 saturated carbocycles. The third-order valence-corrected chi connectivity index (χ3v) is 6.29. The molecule has 3 aromatic heterocycles. The van der Waals surface area contributed by atoms with Gasteiger partial charge in [-0.2, -0.15) is 9.78 Å². The third-order valence-electron chi connectivity index (χ3n) is 6.29. The number of para-hydroxylation sites is 1. The molecule has 6 rings (SSSR count). The lowest BCUT2D eigenvalue weighted by molar-refractivity contribution is -0.118. The molecule has 0 saturated heterocycles. The van der Waals surface area contributed by atoms with E-state index in [9.17, 15) is 9.59 Å². The van der Waals surface area contributed by atoms with Crippen LogP contribution >= 0.6 is 0 Å². The van der Waals surface area contributed by atoms with E-state index in [1.54, 1.807) is 24.3 Å². The van der Waals surface area contributed by atoms with E-state index >= 15 is 0 Å². The number of H-pyrrole nitrogens is 1. The molecule has 1 aromatic carbocycles. The predicted octanol–water partition coefficient (Wildman–Crippen LogP) is 3.44. The van der Waals surface area contributed by atoms with Crippen molar-refractivity contribution in [2.45, 2.75) is 45.1 Å². The Morgan fingerprint density at radius 2 is 2.14 bits per heavy atom. The molecule has 0 unspecified atom stereocenters. The summed E-state index contributed by atoms with van der Waals surface area (Å²) in [6.45, 7) is 3.78. The largest absolute Gasteiger partial charge is 0.483 e. The van der Waals surface area contributed by atoms with Crippen LogP contribution in [0.4, 0.5) is 5.82 Å². The van der Waals surface area contributed by atoms with Crippen LogP contribution in [0.1, 0.15) is 37.1 Å². The zero-order chi connectivity index (χ0) is 24.9. The first-order valence-corrected chi connectivity index (χ1v) is 11.9. The minimum absolute atomic E-state index is 0.191. The van der Waals surface area contributed by atoms with Gasteiger partial charge in [-0.3, -0.25) is 14.6 Å². The summed E-state index contributed by atoms with van der Waals surface area (Å²) >= 11 is 0. The van der Waals surface area contributed by atoms with E-state index in [1.807, 2.05) is 26.0 Å². The topological polar surface area (TPSA) is 124 Å². The number of furan rings is 1. The van der Waals surface area contributed by atoms with Crippen LogP contribution in [-0.4, -0.2) is 37.9 Å². The minimum Gasteiger partial charge on any atom is -0.483 e. The van der Waals surface area contributed by atoms with Crippen LogP contribution in [0.5, 0.6) is 11.5 Å². The maximum absolute atomic E-state index is 12.9. The van der Waals surface area contributed by atoms with Gasteiger partial charge in [-0.15, -0.1) is 0 Å². The van der Waals surface area contributed by atoms with E-state index in [-0.39, 0.29) is 23.7 Å². The van der Waals surface area contributed by atoms with E-state index in [2.05, 4.69) is 20.4 Å². The Balaban J connectivity index is 1.26. The molecule has 10 nitrogen and oxygen atoms in total. The molecule has 4 heterocycles. The number of nitrogens with zero attached hydrogens (tertiary/aromatic N) is 3. The molecule has 0 bridgehead atoms. The van der Waals surface area contributed by atoms with Gasteiger partial charge >= 0.3 is 0 Å². The van der Waals surface area contributed by atoms with E-state index in [0.717, 1.165) is 30.5 Å². The smallest absolute Gasteiger partial charge is 0.263 e. The summed E-state index contributed by atoms with van der Waals surface area (Å²) < 4.78 is 18.7. The highest BCUT2D eigenvalue weighted by atomic mass is 16.5. The average molecular weight is 488 g/mol. The molecule has 36 heavy (non-hydrogen) atoms. The van der Waals surface area contributed by atoms with Crippen LogP contribution in [0.2, 0.25) is 0 Å². The van der Waals surface area contributed by atoms with Gasteiger partial charge in [-0.25, -0.2) is 4.98 Å². The number of rotatable bonds is 6. The molecular weight excluding hydrogens is 462 g/mol. The van der Waals surface area contributed by atoms with Crippen molar-refractivity contribution in [1.29, 1.82) is 0 Å². The van der Waals surface area contributed by atoms with Crippen LogP contribution < -0.4 is 20.3 Å². The summed E-state index contributed by atoms with van der Waals surface area (Å²) in [5.74, 6) is 1.85. The molecule has 0 atom stereocenters. The maximum atomic E-state index is 12.9. The number of amides is 1. The quantitative estimate of drug-likeness (QED) is 0.427. The molecule has 2 aliphatic rings. The van der Waals surface area contributed by atoms with Crippen LogP contribution in [0.25, 0.3) is 17.4 Å². The second-order valence-electron chi connectivity index (χ2n) is 9.59. The number of fused-ring (bicyclic) bond motifs is 2. The van der Waals surface area contributed by atoms with Gasteiger partial charge in [0.2, 0.25) is 5.95 Å². The van der Waals surface area contributed by atoms with E-state index < -0.39 is 5.91 Å². The molecule has 1 amide bonds. The van der Waals surface area contributed by atoms with Crippen LogP contribution in [0, 0.1) is 0 Å². The van der Waals surface area contributed by atoms with Crippen molar-refractivity contribution >= 4 is 11.7 Å². The number of hydrogen-bond donors (Lipinski definition) is 2. The lowest BCUT2D eigenvalue weighted by Gasteiger charge is -2.18. The van der Waals surface area contributed by atoms with Gasteiger partial charge in [0.15, 0.2) is 23.9 Å². The number of nitrogens with one attached hydrogen (secondary N) is 2. The second kappa shape index (κ2) is 8.40. The van der Waals surface area contributed by atoms with E-state index in [4.69, 9.17) is 13.9 Å². The van der Waals surface area contributed by atoms with Gasteiger partial charge in [0.25, 0.3) is 11.5 Å². The molecule has 0 fully saturated rings. The zero-order valence-electron chi connectivity index (χ0n) is 20.0. The highest BCUT2D eigenvalue weighted by molar-refractivity contribution is 5.92. The molecule has 2 N–H and O–H groups in total. The molecule has 10 heteroatoms. The highest BCUT2D eigenvalue weighted by Gasteiger charge is 2.32. The molecule has 1 aliphatic carbocycles. The summed E-state index contributed by atoms with van der Waals surface area (Å²) in [6.07, 6.45) is 4.63. The minimum atomic E-state index is -0.402. The Morgan fingerprint density at radius 1 is 1.25 bits per heavy atom. The first-order chi connectivity index (χ1) is 17.4. The monoisotopic (exact) mass is 487 g/mol. The van der Waals surface area contributed by atoms with Crippen molar-refractivity contribution in [2.24, 2.45) is 0 Å². The summed E-state index contributed by atoms with van der Waals surface area (Å²) in [6, 6.07) is 10.8. The van der Waals surface area contributed by atoms with Crippen molar-refractivity contribution in [3.05, 3.63) is 69.8 Å². The van der Waals surface area contributed by atoms with Gasteiger partial charge < -0.3 is 19.2 Å². The number of anilines is 1. The van der Waals surface area contributed by atoms with Crippen LogP contribution in [0.3, 0.4) is 0 Å². The van der Waals surface area contributed by atoms with E-state index in [0.29, 0.717) is 40.8 Å². The Kier molecular flexibility index (Phi) is 5.17. The molecule has 1 aliphatic heterocycles. The van der Waals surface area contributed by atoms with Crippen molar-refractivity contribution < 1.29 is 18.7 Å². The third kappa shape index (κ3) is 4.04. The number of ether oxygens (including phenoxy) is 2. The number of carbonyl (C=O) groups excluding carboxylic acids is 1. The maximum Gasteiger partial charge on any atom is 0.263 e. The Bertz CT molecular complexity index is 1520. The molecule has 4 aromatic rings. The molecule has 184 valence electrons. The summed E-state index contributed by atoms with van der Waals surface area (Å²) in [5.41, 5.74) is 2.48. The van der Waals surface area contributed by atoms with Gasteiger partial charge in [0, 0.05) is 23.6 Å². The van der Waals surface area contributed by atoms with Crippen molar-refractivity contribution in [3.8, 4) is 28.9 Å². The lowest BCUT2D eigenvalue weighted by atomic mass is 10.0. The fourth-order valence-electron chi connectivity index (χ4n) is 4.73. The average Bonchev–Trinajstić information content (AvgIpc) is 3.62. The lowest BCUT2D eigenvalue weighted by Crippen LogP contribution is -2.25. The Hall–Kier alpha value is -4.34. The predicted molar refractivity (Wildman–Crippen MR) is 131 cm³/mol. The van der Waals surface area contributed by atoms with Gasteiger partial charge in [0.1, 0.15) is 17.1 Å². The number of carbonyl (C=O) groups is 1. The number of hydrogen-bond acceptors (Lipinski definition) is 7. The van der Waals surface area contributed by atoms with Crippen molar-refractivity contribution in [3.63, 3.8) is 0 Å². The van der Waals surface area contributed by atoms with Crippen molar-refractivity contribution in [2.75, 3.05) is 11.9 Å². The van der Waals surface area contributed by atoms with Crippen molar-refractivity contribution in [1.82, 2.24) is 19.7 Å². The number of aryl methyl sites for hydroxylation is 1. The normalized spacial score (nSPS) is 15.3. The molecular formula is C26H25N5O5. The van der Waals surface area contributed by atoms with Gasteiger partial charge in [-0.05, 0) is 51.3 Å². The fraction of sp³-hybridized carbons (Fsp3) is 0.308. The molecule has 0 spiro atoms. The van der Waals surface area contributed by atoms with Crippen LogP contribution in [0.15, 0.2) is 51.9 Å². The van der Waals surface area contributed by atoms with Gasteiger partial charge in [-0.1, -0.05) is 12.1 Å². The van der Waals surface area contributed by atoms with E-state index in [1.165, 1.54) is 10.9 Å². The second-order valence-corrected chi connectivity index (χ2v) is 9.59. The highest BCUT2D eigenvalue weighted by Crippen LogP contribution is 2.41. The fourth-order valence-corrected chi connectivity index (χ4v) is 4.73. The summed E-state index contributed by atoms with van der Waals surface area (Å²) in [4.78, 5) is 32.9. The SMILES string of the molecule is CC1(C)Cc2cccc(OCC(=O)Nc3cc(-c4ccco4)nn3-c3nc4c(c(=O)[nH]3)CCC4)c2O1. The Morgan fingerprint density at radius 3 is 2.97 bits per heavy atom. The Labute approximate surface area is 206 Å². The zero-order valence-corrected chi connectivity index (χ0v) is 20.0. The standard InChI is InChI=1S/C26H25N5O5/c1-26(2)13-15-6-3-9-20(23(15)36-26)35-14-22(32)28-21-12-18(19-10-5-11-34-19)30-31(21)25-27-17-8-4-7-16(17)24(33)29-25/h3,5-6,9-12H,4,7-8,13-14H2,1-2H3,(H,28,32)(H,27,29,33). The summed E-state index contributed by atoms with van der Waals surface area (Å²) in [5, 5.41) is 7.36. The first-order valence-electron chi connectivity index (χ1n) is 11.9.